The first-order valence-corrected chi connectivity index (χ1v) is 8.54. The lowest BCUT2D eigenvalue weighted by molar-refractivity contribution is -0.138. The van der Waals surface area contributed by atoms with Gasteiger partial charge < -0.3 is 10.2 Å². The Hall–Kier alpha value is -2.50. The van der Waals surface area contributed by atoms with Gasteiger partial charge in [0.15, 0.2) is 0 Å². The van der Waals surface area contributed by atoms with Crippen LogP contribution in [0.4, 0.5) is 0 Å². The molecule has 1 aromatic heterocycles. The summed E-state index contributed by atoms with van der Waals surface area (Å²) in [6.45, 7) is 3.23. The summed E-state index contributed by atoms with van der Waals surface area (Å²) in [7, 11) is 0. The van der Waals surface area contributed by atoms with Crippen LogP contribution in [0.3, 0.4) is 0 Å². The van der Waals surface area contributed by atoms with Crippen molar-refractivity contribution in [2.24, 2.45) is 0 Å². The summed E-state index contributed by atoms with van der Waals surface area (Å²) in [5.74, 6) is -2.23. The number of carbonyl (C=O) groups is 2. The summed E-state index contributed by atoms with van der Waals surface area (Å²) >= 11 is 11.9. The molecular formula is C19H15Cl2NO4. The first-order chi connectivity index (χ1) is 12.2. The molecule has 0 spiro atoms. The van der Waals surface area contributed by atoms with Crippen LogP contribution in [0.2, 0.25) is 10.0 Å². The van der Waals surface area contributed by atoms with Crippen LogP contribution >= 0.6 is 23.2 Å². The first kappa shape index (κ1) is 18.3. The van der Waals surface area contributed by atoms with Crippen LogP contribution in [0.5, 0.6) is 5.75 Å². The van der Waals surface area contributed by atoms with Crippen molar-refractivity contribution in [1.82, 2.24) is 4.57 Å². The minimum Gasteiger partial charge on any atom is -0.508 e. The molecule has 0 saturated heterocycles. The second-order valence-electron chi connectivity index (χ2n) is 6.03. The minimum atomic E-state index is -1.02. The molecule has 0 amide bonds. The number of aliphatic carboxylic acids is 1. The molecule has 3 rings (SSSR count). The second kappa shape index (κ2) is 6.67. The summed E-state index contributed by atoms with van der Waals surface area (Å²) in [6.07, 6.45) is 0. The van der Waals surface area contributed by atoms with Crippen molar-refractivity contribution in [2.75, 3.05) is 0 Å². The average molecular weight is 392 g/mol. The summed E-state index contributed by atoms with van der Waals surface area (Å²) in [6, 6.07) is 9.07. The molecular weight excluding hydrogens is 377 g/mol. The van der Waals surface area contributed by atoms with Crippen molar-refractivity contribution in [1.29, 1.82) is 0 Å². The van der Waals surface area contributed by atoms with Crippen LogP contribution in [0, 0.1) is 6.92 Å². The number of hydrogen-bond donors (Lipinski definition) is 2. The minimum absolute atomic E-state index is 0.00419. The van der Waals surface area contributed by atoms with Gasteiger partial charge >= 0.3 is 5.97 Å². The molecule has 0 aliphatic rings. The fourth-order valence-corrected chi connectivity index (χ4v) is 3.42. The monoisotopic (exact) mass is 391 g/mol. The van der Waals surface area contributed by atoms with Crippen molar-refractivity contribution in [2.45, 2.75) is 19.8 Å². The van der Waals surface area contributed by atoms with Crippen molar-refractivity contribution in [3.8, 4) is 5.75 Å². The highest BCUT2D eigenvalue weighted by Gasteiger charge is 2.26. The number of benzene rings is 2. The van der Waals surface area contributed by atoms with Gasteiger partial charge in [-0.05, 0) is 55.8 Å². The number of carbonyl (C=O) groups excluding carboxylic acids is 1. The predicted octanol–water partition coefficient (Wildman–Crippen LogP) is 4.84. The zero-order chi connectivity index (χ0) is 19.2. The van der Waals surface area contributed by atoms with E-state index >= 15 is 0 Å². The predicted molar refractivity (Wildman–Crippen MR) is 101 cm³/mol. The van der Waals surface area contributed by atoms with Crippen LogP contribution in [0.25, 0.3) is 10.9 Å². The molecule has 7 heteroatoms. The van der Waals surface area contributed by atoms with Gasteiger partial charge in [0, 0.05) is 16.6 Å². The molecule has 5 nitrogen and oxygen atoms in total. The van der Waals surface area contributed by atoms with Crippen LogP contribution in [-0.2, 0) is 4.79 Å². The molecule has 0 saturated carbocycles. The van der Waals surface area contributed by atoms with Gasteiger partial charge in [0.2, 0.25) is 0 Å². The van der Waals surface area contributed by atoms with Gasteiger partial charge in [-0.3, -0.25) is 14.2 Å². The summed E-state index contributed by atoms with van der Waals surface area (Å²) in [5.41, 5.74) is 1.81. The highest BCUT2D eigenvalue weighted by Crippen LogP contribution is 2.35. The fraction of sp³-hybridized carbons (Fsp3) is 0.158. The molecule has 0 fully saturated rings. The van der Waals surface area contributed by atoms with Gasteiger partial charge in [0.05, 0.1) is 21.5 Å². The SMILES string of the molecule is Cc1c([C@@H](C)C(=O)O)c2cc(O)ccc2n1C(=O)c1ccc(Cl)c(Cl)c1. The summed E-state index contributed by atoms with van der Waals surface area (Å²) in [5, 5.41) is 20.4. The number of rotatable bonds is 3. The Labute approximate surface area is 159 Å². The van der Waals surface area contributed by atoms with E-state index in [4.69, 9.17) is 23.2 Å². The Morgan fingerprint density at radius 2 is 1.77 bits per heavy atom. The van der Waals surface area contributed by atoms with E-state index < -0.39 is 11.9 Å². The van der Waals surface area contributed by atoms with E-state index in [1.165, 1.54) is 28.8 Å². The number of aromatic nitrogens is 1. The van der Waals surface area contributed by atoms with E-state index in [-0.39, 0.29) is 16.7 Å². The second-order valence-corrected chi connectivity index (χ2v) is 6.84. The number of nitrogens with zero attached hydrogens (tertiary/aromatic N) is 1. The maximum Gasteiger partial charge on any atom is 0.310 e. The zero-order valence-electron chi connectivity index (χ0n) is 14.0. The summed E-state index contributed by atoms with van der Waals surface area (Å²) < 4.78 is 1.43. The number of hydrogen-bond acceptors (Lipinski definition) is 3. The van der Waals surface area contributed by atoms with Gasteiger partial charge in [-0.15, -0.1) is 0 Å². The van der Waals surface area contributed by atoms with Crippen molar-refractivity contribution in [3.63, 3.8) is 0 Å². The molecule has 2 aromatic carbocycles. The number of aromatic hydroxyl groups is 1. The van der Waals surface area contributed by atoms with E-state index in [0.29, 0.717) is 32.7 Å². The van der Waals surface area contributed by atoms with E-state index in [2.05, 4.69) is 0 Å². The number of fused-ring (bicyclic) bond motifs is 1. The Morgan fingerprint density at radius 3 is 2.38 bits per heavy atom. The lowest BCUT2D eigenvalue weighted by atomic mass is 9.98. The van der Waals surface area contributed by atoms with Crippen molar-refractivity contribution >= 4 is 46.0 Å². The maximum atomic E-state index is 13.1. The summed E-state index contributed by atoms with van der Waals surface area (Å²) in [4.78, 5) is 24.6. The van der Waals surface area contributed by atoms with E-state index in [1.54, 1.807) is 26.0 Å². The maximum absolute atomic E-state index is 13.1. The third-order valence-electron chi connectivity index (χ3n) is 4.41. The number of phenols is 1. The van der Waals surface area contributed by atoms with Crippen molar-refractivity contribution in [3.05, 3.63) is 63.3 Å². The first-order valence-electron chi connectivity index (χ1n) is 7.79. The van der Waals surface area contributed by atoms with Crippen LogP contribution in [0.1, 0.15) is 34.5 Å². The number of carboxylic acid groups (broad SMARTS) is 1. The highest BCUT2D eigenvalue weighted by atomic mass is 35.5. The molecule has 134 valence electrons. The molecule has 0 aliphatic heterocycles. The largest absolute Gasteiger partial charge is 0.508 e. The zero-order valence-corrected chi connectivity index (χ0v) is 15.5. The van der Waals surface area contributed by atoms with E-state index in [9.17, 15) is 19.8 Å². The molecule has 1 atom stereocenters. The lowest BCUT2D eigenvalue weighted by Gasteiger charge is -2.10. The van der Waals surface area contributed by atoms with Gasteiger partial charge in [0.1, 0.15) is 5.75 Å². The van der Waals surface area contributed by atoms with E-state index in [1.807, 2.05) is 0 Å². The number of phenolic OH excluding ortho intramolecular Hbond substituents is 1. The topological polar surface area (TPSA) is 79.5 Å². The third-order valence-corrected chi connectivity index (χ3v) is 5.15. The van der Waals surface area contributed by atoms with Crippen LogP contribution in [-0.4, -0.2) is 26.7 Å². The molecule has 0 aliphatic carbocycles. The number of carboxylic acids is 1. The molecule has 3 aromatic rings. The smallest absolute Gasteiger partial charge is 0.310 e. The van der Waals surface area contributed by atoms with Crippen LogP contribution in [0.15, 0.2) is 36.4 Å². The highest BCUT2D eigenvalue weighted by molar-refractivity contribution is 6.42. The van der Waals surface area contributed by atoms with Crippen molar-refractivity contribution < 1.29 is 19.8 Å². The molecule has 0 radical (unpaired) electrons. The van der Waals surface area contributed by atoms with E-state index in [0.717, 1.165) is 0 Å². The molecule has 1 heterocycles. The standard InChI is InChI=1S/C19H15Cl2NO4/c1-9(19(25)26)17-10(2)22(16-6-4-12(23)8-13(16)17)18(24)11-3-5-14(20)15(21)7-11/h3-9,23H,1-2H3,(H,25,26)/t9-/m1/s1. The molecule has 26 heavy (non-hydrogen) atoms. The normalized spacial score (nSPS) is 12.3. The Balaban J connectivity index is 2.29. The average Bonchev–Trinajstić information content (AvgIpc) is 2.87. The van der Waals surface area contributed by atoms with Gasteiger partial charge in [-0.1, -0.05) is 23.2 Å². The Bertz CT molecular complexity index is 1060. The molecule has 2 N–H and O–H groups in total. The Kier molecular flexibility index (Phi) is 4.69. The third kappa shape index (κ3) is 2.93. The lowest BCUT2D eigenvalue weighted by Crippen LogP contribution is -2.15. The van der Waals surface area contributed by atoms with Gasteiger partial charge in [-0.25, -0.2) is 0 Å². The Morgan fingerprint density at radius 1 is 1.08 bits per heavy atom. The molecule has 0 bridgehead atoms. The number of halogens is 2. The van der Waals surface area contributed by atoms with Gasteiger partial charge in [-0.2, -0.15) is 0 Å². The fourth-order valence-electron chi connectivity index (χ4n) is 3.12. The van der Waals surface area contributed by atoms with Gasteiger partial charge in [0.25, 0.3) is 5.91 Å². The van der Waals surface area contributed by atoms with Crippen LogP contribution < -0.4 is 0 Å². The quantitative estimate of drug-likeness (QED) is 0.669. The molecule has 0 unspecified atom stereocenters.